The molecule has 0 aromatic rings. The predicted octanol–water partition coefficient (Wildman–Crippen LogP) is 1.13. The molecule has 0 amide bonds. The minimum absolute atomic E-state index is 0.131. The number of rotatable bonds is 8. The molecular formula is C13H27N3O2S2. The Hall–Kier alpha value is 0.180. The van der Waals surface area contributed by atoms with Gasteiger partial charge in [-0.15, -0.1) is 0 Å². The van der Waals surface area contributed by atoms with E-state index in [0.717, 1.165) is 31.6 Å². The Bertz CT molecular complexity index is 398. The highest BCUT2D eigenvalue weighted by atomic mass is 32.2. The molecule has 118 valence electrons. The normalized spacial score (nSPS) is 25.2. The van der Waals surface area contributed by atoms with Gasteiger partial charge in [0.2, 0.25) is 0 Å². The molecule has 1 N–H and O–H groups in total. The van der Waals surface area contributed by atoms with Crippen molar-refractivity contribution in [1.29, 1.82) is 0 Å². The molecule has 1 aliphatic heterocycles. The summed E-state index contributed by atoms with van der Waals surface area (Å²) in [4.78, 5) is 0. The highest BCUT2D eigenvalue weighted by molar-refractivity contribution is 7.98. The van der Waals surface area contributed by atoms with Crippen LogP contribution in [0.2, 0.25) is 0 Å². The van der Waals surface area contributed by atoms with Crippen LogP contribution in [0.3, 0.4) is 0 Å². The summed E-state index contributed by atoms with van der Waals surface area (Å²) in [7, 11) is -1.60. The van der Waals surface area contributed by atoms with Crippen LogP contribution >= 0.6 is 11.8 Å². The average Bonchev–Trinajstić information content (AvgIpc) is 3.26. The number of piperidine rings is 1. The van der Waals surface area contributed by atoms with Gasteiger partial charge >= 0.3 is 0 Å². The van der Waals surface area contributed by atoms with Crippen molar-refractivity contribution < 1.29 is 8.42 Å². The molecule has 1 saturated carbocycles. The van der Waals surface area contributed by atoms with Crippen molar-refractivity contribution in [3.63, 3.8) is 0 Å². The molecule has 5 nitrogen and oxygen atoms in total. The molecule has 0 aromatic heterocycles. The van der Waals surface area contributed by atoms with Gasteiger partial charge in [0.15, 0.2) is 0 Å². The fourth-order valence-electron chi connectivity index (χ4n) is 2.59. The predicted molar refractivity (Wildman–Crippen MR) is 85.3 cm³/mol. The smallest absolute Gasteiger partial charge is 0.282 e. The molecule has 2 aliphatic rings. The topological polar surface area (TPSA) is 52.7 Å². The van der Waals surface area contributed by atoms with Crippen LogP contribution in [0.15, 0.2) is 0 Å². The molecule has 0 radical (unpaired) electrons. The Balaban J connectivity index is 1.96. The maximum absolute atomic E-state index is 12.7. The van der Waals surface area contributed by atoms with Crippen LogP contribution in [-0.4, -0.2) is 67.8 Å². The van der Waals surface area contributed by atoms with Crippen LogP contribution < -0.4 is 5.32 Å². The van der Waals surface area contributed by atoms with E-state index in [4.69, 9.17) is 0 Å². The van der Waals surface area contributed by atoms with Gasteiger partial charge in [0, 0.05) is 44.5 Å². The molecule has 1 atom stereocenters. The molecule has 0 spiro atoms. The summed E-state index contributed by atoms with van der Waals surface area (Å²) in [6.45, 7) is 2.06. The summed E-state index contributed by atoms with van der Waals surface area (Å²) in [5.41, 5.74) is 0. The summed E-state index contributed by atoms with van der Waals surface area (Å²) < 4.78 is 28.6. The first-order chi connectivity index (χ1) is 9.55. The Morgan fingerprint density at radius 3 is 2.70 bits per heavy atom. The zero-order valence-corrected chi connectivity index (χ0v) is 14.2. The number of thioether (sulfide) groups is 1. The lowest BCUT2D eigenvalue weighted by Crippen LogP contribution is -2.53. The largest absolute Gasteiger partial charge is 0.312 e. The highest BCUT2D eigenvalue weighted by Crippen LogP contribution is 2.24. The maximum Gasteiger partial charge on any atom is 0.282 e. The van der Waals surface area contributed by atoms with Gasteiger partial charge in [0.05, 0.1) is 0 Å². The van der Waals surface area contributed by atoms with E-state index in [9.17, 15) is 8.42 Å². The van der Waals surface area contributed by atoms with E-state index in [2.05, 4.69) is 5.32 Å². The molecule has 0 aromatic carbocycles. The number of hydrogen-bond donors (Lipinski definition) is 1. The zero-order chi connectivity index (χ0) is 14.6. The van der Waals surface area contributed by atoms with Crippen molar-refractivity contribution in [2.45, 2.75) is 44.2 Å². The lowest BCUT2D eigenvalue weighted by Gasteiger charge is -2.37. The van der Waals surface area contributed by atoms with Gasteiger partial charge in [-0.1, -0.05) is 6.42 Å². The monoisotopic (exact) mass is 321 g/mol. The van der Waals surface area contributed by atoms with Gasteiger partial charge in [-0.2, -0.15) is 28.8 Å². The first-order valence-electron chi connectivity index (χ1n) is 7.51. The third kappa shape index (κ3) is 4.34. The zero-order valence-electron chi connectivity index (χ0n) is 12.5. The van der Waals surface area contributed by atoms with Crippen LogP contribution in [0.25, 0.3) is 0 Å². The van der Waals surface area contributed by atoms with Gasteiger partial charge in [-0.05, 0) is 31.9 Å². The van der Waals surface area contributed by atoms with Crippen LogP contribution in [0.1, 0.15) is 32.1 Å². The molecular weight excluding hydrogens is 294 g/mol. The average molecular weight is 322 g/mol. The first-order valence-corrected chi connectivity index (χ1v) is 10.3. The van der Waals surface area contributed by atoms with E-state index in [1.165, 1.54) is 17.1 Å². The molecule has 1 aliphatic carbocycles. The van der Waals surface area contributed by atoms with Crippen LogP contribution in [-0.2, 0) is 10.2 Å². The van der Waals surface area contributed by atoms with Crippen molar-refractivity contribution in [1.82, 2.24) is 13.9 Å². The van der Waals surface area contributed by atoms with Gasteiger partial charge in [0.25, 0.3) is 10.2 Å². The van der Waals surface area contributed by atoms with Crippen molar-refractivity contribution in [2.24, 2.45) is 0 Å². The molecule has 7 heteroatoms. The van der Waals surface area contributed by atoms with Crippen molar-refractivity contribution in [3.8, 4) is 0 Å². The summed E-state index contributed by atoms with van der Waals surface area (Å²) in [5, 5.41) is 3.48. The van der Waals surface area contributed by atoms with E-state index >= 15 is 0 Å². The van der Waals surface area contributed by atoms with E-state index in [-0.39, 0.29) is 6.04 Å². The van der Waals surface area contributed by atoms with Gasteiger partial charge in [-0.3, -0.25) is 0 Å². The second kappa shape index (κ2) is 7.45. The van der Waals surface area contributed by atoms with Gasteiger partial charge < -0.3 is 5.32 Å². The summed E-state index contributed by atoms with van der Waals surface area (Å²) in [6.07, 6.45) is 7.59. The molecule has 1 unspecified atom stereocenters. The summed E-state index contributed by atoms with van der Waals surface area (Å²) in [5.74, 6) is 0.842. The van der Waals surface area contributed by atoms with E-state index in [1.54, 1.807) is 23.1 Å². The molecule has 20 heavy (non-hydrogen) atoms. The number of nitrogens with zero attached hydrogens (tertiary/aromatic N) is 2. The van der Waals surface area contributed by atoms with Crippen LogP contribution in [0.5, 0.6) is 0 Å². The Kier molecular flexibility index (Phi) is 6.16. The third-order valence-electron chi connectivity index (χ3n) is 4.09. The molecule has 1 saturated heterocycles. The standard InChI is InChI=1S/C13H27N3O2S2/c1-15(9-10-19-2)20(17,18)16-8-4-3-5-13(16)11-14-12-6-7-12/h12-14H,3-11H2,1-2H3. The molecule has 2 fully saturated rings. The summed E-state index contributed by atoms with van der Waals surface area (Å²) >= 11 is 1.68. The minimum Gasteiger partial charge on any atom is -0.312 e. The Labute approximate surface area is 127 Å². The second-order valence-corrected chi connectivity index (χ2v) is 8.74. The molecule has 2 rings (SSSR count). The fourth-order valence-corrected chi connectivity index (χ4v) is 4.75. The van der Waals surface area contributed by atoms with Gasteiger partial charge in [-0.25, -0.2) is 0 Å². The molecule has 0 bridgehead atoms. The lowest BCUT2D eigenvalue weighted by atomic mass is 10.1. The second-order valence-electron chi connectivity index (χ2n) is 5.76. The van der Waals surface area contributed by atoms with Crippen LogP contribution in [0, 0.1) is 0 Å². The maximum atomic E-state index is 12.7. The first kappa shape index (κ1) is 16.5. The number of hydrogen-bond acceptors (Lipinski definition) is 4. The quantitative estimate of drug-likeness (QED) is 0.728. The van der Waals surface area contributed by atoms with Crippen molar-refractivity contribution in [3.05, 3.63) is 0 Å². The lowest BCUT2D eigenvalue weighted by molar-refractivity contribution is 0.231. The van der Waals surface area contributed by atoms with E-state index in [1.807, 2.05) is 6.26 Å². The Morgan fingerprint density at radius 1 is 1.30 bits per heavy atom. The van der Waals surface area contributed by atoms with Crippen molar-refractivity contribution >= 4 is 22.0 Å². The third-order valence-corrected chi connectivity index (χ3v) is 6.73. The Morgan fingerprint density at radius 2 is 2.05 bits per heavy atom. The van der Waals surface area contributed by atoms with E-state index < -0.39 is 10.2 Å². The fraction of sp³-hybridized carbons (Fsp3) is 1.00. The molecule has 1 heterocycles. The van der Waals surface area contributed by atoms with Crippen molar-refractivity contribution in [2.75, 3.05) is 38.7 Å². The van der Waals surface area contributed by atoms with Crippen LogP contribution in [0.4, 0.5) is 0 Å². The number of nitrogens with one attached hydrogen (secondary N) is 1. The SMILES string of the molecule is CSCCN(C)S(=O)(=O)N1CCCCC1CNC1CC1. The van der Waals surface area contributed by atoms with Gasteiger partial charge in [0.1, 0.15) is 0 Å². The minimum atomic E-state index is -3.30. The van der Waals surface area contributed by atoms with E-state index in [0.29, 0.717) is 19.1 Å². The summed E-state index contributed by atoms with van der Waals surface area (Å²) in [6, 6.07) is 0.766. The highest BCUT2D eigenvalue weighted by Gasteiger charge is 2.35.